The van der Waals surface area contributed by atoms with Gasteiger partial charge in [-0.25, -0.2) is 4.98 Å². The van der Waals surface area contributed by atoms with Crippen molar-refractivity contribution in [3.63, 3.8) is 0 Å². The van der Waals surface area contributed by atoms with Crippen LogP contribution in [0.3, 0.4) is 0 Å². The van der Waals surface area contributed by atoms with E-state index in [0.29, 0.717) is 22.6 Å². The van der Waals surface area contributed by atoms with Crippen molar-refractivity contribution >= 4 is 39.9 Å². The first-order chi connectivity index (χ1) is 14.6. The molecule has 0 unspecified atom stereocenters. The summed E-state index contributed by atoms with van der Waals surface area (Å²) in [5, 5.41) is 6.04. The van der Waals surface area contributed by atoms with E-state index >= 15 is 0 Å². The molecule has 4 rings (SSSR count). The van der Waals surface area contributed by atoms with Crippen LogP contribution in [-0.2, 0) is 11.2 Å². The summed E-state index contributed by atoms with van der Waals surface area (Å²) in [5.41, 5.74) is 2.35. The first-order valence-corrected chi connectivity index (χ1v) is 11.5. The molecule has 0 aliphatic rings. The summed E-state index contributed by atoms with van der Waals surface area (Å²) in [6.07, 6.45) is 0.816. The van der Waals surface area contributed by atoms with Gasteiger partial charge in [0.25, 0.3) is 5.56 Å². The Labute approximate surface area is 182 Å². The molecule has 2 heterocycles. The quantitative estimate of drug-likeness (QED) is 0.349. The predicted molar refractivity (Wildman–Crippen MR) is 124 cm³/mol. The lowest BCUT2D eigenvalue weighted by Crippen LogP contribution is -2.28. The maximum absolute atomic E-state index is 13.2. The highest BCUT2D eigenvalue weighted by molar-refractivity contribution is 7.99. The molecule has 0 aliphatic carbocycles. The number of amides is 1. The third kappa shape index (κ3) is 4.63. The van der Waals surface area contributed by atoms with Crippen molar-refractivity contribution in [2.75, 3.05) is 12.3 Å². The first-order valence-electron chi connectivity index (χ1n) is 9.62. The lowest BCUT2D eigenvalue weighted by Gasteiger charge is -2.13. The van der Waals surface area contributed by atoms with Gasteiger partial charge in [0.15, 0.2) is 5.16 Å². The number of rotatable bonds is 7. The van der Waals surface area contributed by atoms with Crippen molar-refractivity contribution in [3.05, 3.63) is 86.8 Å². The summed E-state index contributed by atoms with van der Waals surface area (Å²) in [7, 11) is 0. The van der Waals surface area contributed by atoms with Crippen molar-refractivity contribution in [1.82, 2.24) is 14.9 Å². The van der Waals surface area contributed by atoms with Crippen molar-refractivity contribution < 1.29 is 4.79 Å². The SMILES string of the molecule is Cc1ccc(-n2c(SCC(=O)NCCc3cccs3)nc3ccccc3c2=O)cc1. The molecule has 0 saturated carbocycles. The predicted octanol–water partition coefficient (Wildman–Crippen LogP) is 4.21. The van der Waals surface area contributed by atoms with E-state index in [1.807, 2.05) is 60.8 Å². The molecule has 0 atom stereocenters. The van der Waals surface area contributed by atoms with Gasteiger partial charge in [-0.15, -0.1) is 11.3 Å². The Hall–Kier alpha value is -2.90. The second-order valence-electron chi connectivity index (χ2n) is 6.86. The van der Waals surface area contributed by atoms with Gasteiger partial charge >= 0.3 is 0 Å². The van der Waals surface area contributed by atoms with Gasteiger partial charge in [-0.1, -0.05) is 47.7 Å². The molecular formula is C23H21N3O2S2. The molecule has 152 valence electrons. The van der Waals surface area contributed by atoms with Crippen LogP contribution in [-0.4, -0.2) is 27.8 Å². The van der Waals surface area contributed by atoms with Gasteiger partial charge in [-0.3, -0.25) is 14.2 Å². The van der Waals surface area contributed by atoms with E-state index in [2.05, 4.69) is 16.4 Å². The minimum absolute atomic E-state index is 0.0746. The van der Waals surface area contributed by atoms with Gasteiger partial charge in [0, 0.05) is 11.4 Å². The van der Waals surface area contributed by atoms with Crippen LogP contribution >= 0.6 is 23.1 Å². The number of hydrogen-bond acceptors (Lipinski definition) is 5. The molecule has 2 aromatic heterocycles. The Morgan fingerprint density at radius 3 is 2.67 bits per heavy atom. The Balaban J connectivity index is 1.56. The largest absolute Gasteiger partial charge is 0.355 e. The van der Waals surface area contributed by atoms with E-state index in [-0.39, 0.29) is 17.2 Å². The number of hydrogen-bond donors (Lipinski definition) is 1. The molecule has 0 aliphatic heterocycles. The zero-order valence-corrected chi connectivity index (χ0v) is 18.1. The van der Waals surface area contributed by atoms with Crippen LogP contribution in [0, 0.1) is 6.92 Å². The molecule has 4 aromatic rings. The standard InChI is InChI=1S/C23H21N3O2S2/c1-16-8-10-17(11-9-16)26-22(28)19-6-2-3-7-20(19)25-23(26)30-15-21(27)24-13-12-18-5-4-14-29-18/h2-11,14H,12-13,15H2,1H3,(H,24,27). The van der Waals surface area contributed by atoms with E-state index in [1.165, 1.54) is 16.6 Å². The van der Waals surface area contributed by atoms with E-state index in [9.17, 15) is 9.59 Å². The summed E-state index contributed by atoms with van der Waals surface area (Å²) >= 11 is 2.96. The Morgan fingerprint density at radius 2 is 1.90 bits per heavy atom. The molecule has 1 N–H and O–H groups in total. The Bertz CT molecular complexity index is 1220. The summed E-state index contributed by atoms with van der Waals surface area (Å²) in [5.74, 6) is 0.121. The number of benzene rings is 2. The fraction of sp³-hybridized carbons (Fsp3) is 0.174. The highest BCUT2D eigenvalue weighted by Gasteiger charge is 2.14. The van der Waals surface area contributed by atoms with Gasteiger partial charge in [0.1, 0.15) is 0 Å². The highest BCUT2D eigenvalue weighted by Crippen LogP contribution is 2.21. The number of aryl methyl sites for hydroxylation is 1. The van der Waals surface area contributed by atoms with Gasteiger partial charge < -0.3 is 5.32 Å². The molecule has 1 amide bonds. The fourth-order valence-corrected chi connectivity index (χ4v) is 4.64. The van der Waals surface area contributed by atoms with E-state index in [0.717, 1.165) is 17.7 Å². The van der Waals surface area contributed by atoms with Crippen molar-refractivity contribution in [3.8, 4) is 5.69 Å². The number of thiophene rings is 1. The Morgan fingerprint density at radius 1 is 1.10 bits per heavy atom. The number of aromatic nitrogens is 2. The normalized spacial score (nSPS) is 11.0. The van der Waals surface area contributed by atoms with Gasteiger partial charge in [-0.2, -0.15) is 0 Å². The minimum Gasteiger partial charge on any atom is -0.355 e. The van der Waals surface area contributed by atoms with E-state index < -0.39 is 0 Å². The zero-order valence-electron chi connectivity index (χ0n) is 16.5. The molecule has 7 heteroatoms. The third-order valence-electron chi connectivity index (χ3n) is 4.64. The van der Waals surface area contributed by atoms with Crippen molar-refractivity contribution in [1.29, 1.82) is 0 Å². The highest BCUT2D eigenvalue weighted by atomic mass is 32.2. The maximum atomic E-state index is 13.2. The molecule has 0 bridgehead atoms. The van der Waals surface area contributed by atoms with Crippen LogP contribution in [0.5, 0.6) is 0 Å². The smallest absolute Gasteiger partial charge is 0.266 e. The first kappa shape index (κ1) is 20.4. The topological polar surface area (TPSA) is 64.0 Å². The minimum atomic E-state index is -0.134. The van der Waals surface area contributed by atoms with Crippen LogP contribution in [0.25, 0.3) is 16.6 Å². The molecule has 2 aromatic carbocycles. The molecule has 0 fully saturated rings. The number of nitrogens with one attached hydrogen (secondary N) is 1. The van der Waals surface area contributed by atoms with Crippen molar-refractivity contribution in [2.24, 2.45) is 0 Å². The number of nitrogens with zero attached hydrogens (tertiary/aromatic N) is 2. The average Bonchev–Trinajstić information content (AvgIpc) is 3.27. The maximum Gasteiger partial charge on any atom is 0.266 e. The number of thioether (sulfide) groups is 1. The van der Waals surface area contributed by atoms with Gasteiger partial charge in [0.2, 0.25) is 5.91 Å². The summed E-state index contributed by atoms with van der Waals surface area (Å²) in [4.78, 5) is 31.5. The lowest BCUT2D eigenvalue weighted by molar-refractivity contribution is -0.118. The average molecular weight is 436 g/mol. The Kier molecular flexibility index (Phi) is 6.30. The zero-order chi connectivity index (χ0) is 20.9. The molecule has 0 saturated heterocycles. The second-order valence-corrected chi connectivity index (χ2v) is 8.83. The summed E-state index contributed by atoms with van der Waals surface area (Å²) in [6.45, 7) is 2.59. The number of carbonyl (C=O) groups excluding carboxylic acids is 1. The lowest BCUT2D eigenvalue weighted by atomic mass is 10.2. The number of carbonyl (C=O) groups is 1. The van der Waals surface area contributed by atoms with Crippen LogP contribution in [0.4, 0.5) is 0 Å². The van der Waals surface area contributed by atoms with Crippen LogP contribution < -0.4 is 10.9 Å². The van der Waals surface area contributed by atoms with Gasteiger partial charge in [0.05, 0.1) is 22.3 Å². The van der Waals surface area contributed by atoms with Crippen LogP contribution in [0.1, 0.15) is 10.4 Å². The van der Waals surface area contributed by atoms with Crippen LogP contribution in [0.2, 0.25) is 0 Å². The number of fused-ring (bicyclic) bond motifs is 1. The molecular weight excluding hydrogens is 414 g/mol. The second kappa shape index (κ2) is 9.28. The third-order valence-corrected chi connectivity index (χ3v) is 6.52. The monoisotopic (exact) mass is 435 g/mol. The fourth-order valence-electron chi connectivity index (χ4n) is 3.09. The van der Waals surface area contributed by atoms with E-state index in [1.54, 1.807) is 22.0 Å². The van der Waals surface area contributed by atoms with Gasteiger partial charge in [-0.05, 0) is 49.1 Å². The van der Waals surface area contributed by atoms with E-state index in [4.69, 9.17) is 0 Å². The summed E-state index contributed by atoms with van der Waals surface area (Å²) < 4.78 is 1.59. The number of para-hydroxylation sites is 1. The molecule has 0 spiro atoms. The van der Waals surface area contributed by atoms with Crippen molar-refractivity contribution in [2.45, 2.75) is 18.5 Å². The van der Waals surface area contributed by atoms with Crippen LogP contribution in [0.15, 0.2) is 76.0 Å². The molecule has 0 radical (unpaired) electrons. The molecule has 5 nitrogen and oxygen atoms in total. The summed E-state index contributed by atoms with van der Waals surface area (Å²) in [6, 6.07) is 19.1. The molecule has 30 heavy (non-hydrogen) atoms.